The zero-order valence-electron chi connectivity index (χ0n) is 11.1. The monoisotopic (exact) mass is 268 g/mol. The fraction of sp³-hybridized carbons (Fsp3) is 0.385. The molecule has 0 radical (unpaired) electrons. The second-order valence-corrected chi connectivity index (χ2v) is 4.34. The molecule has 104 valence electrons. The Labute approximate surface area is 111 Å². The third-order valence-electron chi connectivity index (χ3n) is 2.29. The fourth-order valence-corrected chi connectivity index (χ4v) is 1.47. The Morgan fingerprint density at radius 2 is 2.21 bits per heavy atom. The number of hydrogen-bond acceptors (Lipinski definition) is 4. The lowest BCUT2D eigenvalue weighted by Crippen LogP contribution is -2.34. The summed E-state index contributed by atoms with van der Waals surface area (Å²) >= 11 is 0. The maximum atomic E-state index is 13.1. The van der Waals surface area contributed by atoms with Crippen molar-refractivity contribution in [2.75, 3.05) is 6.61 Å². The molecule has 0 aromatic heterocycles. The number of rotatable bonds is 5. The highest BCUT2D eigenvalue weighted by Crippen LogP contribution is 2.20. The van der Waals surface area contributed by atoms with Crippen LogP contribution in [-0.4, -0.2) is 29.5 Å². The summed E-state index contributed by atoms with van der Waals surface area (Å²) in [6.07, 6.45) is 0. The summed E-state index contributed by atoms with van der Waals surface area (Å²) in [7, 11) is 0. The van der Waals surface area contributed by atoms with E-state index in [9.17, 15) is 9.18 Å². The van der Waals surface area contributed by atoms with Crippen LogP contribution in [-0.2, 0) is 4.79 Å². The molecule has 0 atom stereocenters. The lowest BCUT2D eigenvalue weighted by Gasteiger charge is -2.12. The molecule has 0 aliphatic heterocycles. The third kappa shape index (κ3) is 4.57. The molecular weight excluding hydrogens is 251 g/mol. The summed E-state index contributed by atoms with van der Waals surface area (Å²) in [6.45, 7) is 5.00. The van der Waals surface area contributed by atoms with E-state index in [2.05, 4.69) is 10.5 Å². The van der Waals surface area contributed by atoms with Crippen molar-refractivity contribution >= 4 is 11.6 Å². The maximum absolute atomic E-state index is 13.1. The largest absolute Gasteiger partial charge is 0.483 e. The van der Waals surface area contributed by atoms with Crippen molar-refractivity contribution in [1.82, 2.24) is 5.32 Å². The summed E-state index contributed by atoms with van der Waals surface area (Å²) in [5.74, 6) is -0.462. The fourth-order valence-electron chi connectivity index (χ4n) is 1.47. The molecule has 0 aliphatic rings. The van der Waals surface area contributed by atoms with Gasteiger partial charge in [-0.1, -0.05) is 5.16 Å². The number of amides is 1. The van der Waals surface area contributed by atoms with Gasteiger partial charge in [0.2, 0.25) is 0 Å². The highest BCUT2D eigenvalue weighted by Gasteiger charge is 2.11. The summed E-state index contributed by atoms with van der Waals surface area (Å²) in [6, 6.07) is 3.81. The normalized spacial score (nSPS) is 11.5. The van der Waals surface area contributed by atoms with E-state index >= 15 is 0 Å². The first kappa shape index (κ1) is 14.9. The summed E-state index contributed by atoms with van der Waals surface area (Å²) in [5.41, 5.74) is 0.513. The number of halogens is 1. The summed E-state index contributed by atoms with van der Waals surface area (Å²) in [4.78, 5) is 11.5. The molecule has 1 aromatic carbocycles. The van der Waals surface area contributed by atoms with Gasteiger partial charge in [-0.2, -0.15) is 0 Å². The van der Waals surface area contributed by atoms with E-state index in [-0.39, 0.29) is 30.0 Å². The van der Waals surface area contributed by atoms with E-state index in [1.165, 1.54) is 25.1 Å². The first-order valence-electron chi connectivity index (χ1n) is 5.84. The Hall–Kier alpha value is -2.11. The number of ether oxygens (including phenoxy) is 1. The van der Waals surface area contributed by atoms with Crippen LogP contribution in [0.4, 0.5) is 4.39 Å². The molecule has 5 nitrogen and oxygen atoms in total. The van der Waals surface area contributed by atoms with Gasteiger partial charge in [0.15, 0.2) is 6.61 Å². The second-order valence-electron chi connectivity index (χ2n) is 4.34. The number of hydrogen-bond donors (Lipinski definition) is 2. The average Bonchev–Trinajstić information content (AvgIpc) is 2.35. The topological polar surface area (TPSA) is 70.9 Å². The predicted molar refractivity (Wildman–Crippen MR) is 69.2 cm³/mol. The predicted octanol–water partition coefficient (Wildman–Crippen LogP) is 1.93. The highest BCUT2D eigenvalue weighted by atomic mass is 19.1. The van der Waals surface area contributed by atoms with Crippen molar-refractivity contribution in [2.24, 2.45) is 5.16 Å². The molecule has 0 heterocycles. The minimum absolute atomic E-state index is 0.0181. The molecular formula is C13H17FN2O3. The molecule has 0 fully saturated rings. The van der Waals surface area contributed by atoms with Gasteiger partial charge in [-0.3, -0.25) is 4.79 Å². The standard InChI is InChI=1S/C13H17FN2O3/c1-8(2)15-13(17)7-19-12-5-4-10(14)6-11(12)9(3)16-18/h4-6,8,18H,7H2,1-3H3,(H,15,17). The van der Waals surface area contributed by atoms with Crippen molar-refractivity contribution in [1.29, 1.82) is 0 Å². The van der Waals surface area contributed by atoms with Gasteiger partial charge in [-0.15, -0.1) is 0 Å². The van der Waals surface area contributed by atoms with Gasteiger partial charge in [0, 0.05) is 11.6 Å². The van der Waals surface area contributed by atoms with Crippen LogP contribution >= 0.6 is 0 Å². The first-order chi connectivity index (χ1) is 8.93. The van der Waals surface area contributed by atoms with Crippen molar-refractivity contribution in [2.45, 2.75) is 26.8 Å². The molecule has 0 spiro atoms. The Kier molecular flexibility index (Phi) is 5.29. The number of oxime groups is 1. The smallest absolute Gasteiger partial charge is 0.258 e. The number of benzene rings is 1. The Morgan fingerprint density at radius 3 is 2.79 bits per heavy atom. The quantitative estimate of drug-likeness (QED) is 0.487. The zero-order chi connectivity index (χ0) is 14.4. The lowest BCUT2D eigenvalue weighted by atomic mass is 10.1. The van der Waals surface area contributed by atoms with Crippen molar-refractivity contribution in [3.8, 4) is 5.75 Å². The molecule has 19 heavy (non-hydrogen) atoms. The number of carbonyl (C=O) groups excluding carboxylic acids is 1. The van der Waals surface area contributed by atoms with Crippen LogP contribution in [0.3, 0.4) is 0 Å². The van der Waals surface area contributed by atoms with E-state index in [0.717, 1.165) is 0 Å². The average molecular weight is 268 g/mol. The van der Waals surface area contributed by atoms with E-state index in [1.54, 1.807) is 0 Å². The molecule has 1 rings (SSSR count). The van der Waals surface area contributed by atoms with Crippen molar-refractivity contribution in [3.05, 3.63) is 29.6 Å². The van der Waals surface area contributed by atoms with Gasteiger partial charge < -0.3 is 15.3 Å². The Balaban J connectivity index is 2.81. The van der Waals surface area contributed by atoms with E-state index < -0.39 is 5.82 Å². The van der Waals surface area contributed by atoms with E-state index in [0.29, 0.717) is 5.56 Å². The van der Waals surface area contributed by atoms with Crippen LogP contribution in [0, 0.1) is 5.82 Å². The van der Waals surface area contributed by atoms with Crippen LogP contribution in [0.15, 0.2) is 23.4 Å². The Bertz CT molecular complexity index is 487. The minimum atomic E-state index is -0.475. The molecule has 6 heteroatoms. The SMILES string of the molecule is CC(=NO)c1cc(F)ccc1OCC(=O)NC(C)C. The highest BCUT2D eigenvalue weighted by molar-refractivity contribution is 6.00. The number of nitrogens with one attached hydrogen (secondary N) is 1. The third-order valence-corrected chi connectivity index (χ3v) is 2.29. The van der Waals surface area contributed by atoms with Gasteiger partial charge in [0.25, 0.3) is 5.91 Å². The van der Waals surface area contributed by atoms with E-state index in [1.807, 2.05) is 13.8 Å². The van der Waals surface area contributed by atoms with Crippen molar-refractivity contribution < 1.29 is 19.1 Å². The molecule has 0 aliphatic carbocycles. The lowest BCUT2D eigenvalue weighted by molar-refractivity contribution is -0.123. The van der Waals surface area contributed by atoms with Gasteiger partial charge in [-0.25, -0.2) is 4.39 Å². The van der Waals surface area contributed by atoms with Gasteiger partial charge in [0.1, 0.15) is 11.6 Å². The van der Waals surface area contributed by atoms with Crippen molar-refractivity contribution in [3.63, 3.8) is 0 Å². The molecule has 1 aromatic rings. The number of carbonyl (C=O) groups is 1. The minimum Gasteiger partial charge on any atom is -0.483 e. The van der Waals surface area contributed by atoms with Crippen LogP contribution < -0.4 is 10.1 Å². The van der Waals surface area contributed by atoms with Gasteiger partial charge in [0.05, 0.1) is 5.71 Å². The molecule has 0 saturated heterocycles. The van der Waals surface area contributed by atoms with Crippen LogP contribution in [0.25, 0.3) is 0 Å². The summed E-state index contributed by atoms with van der Waals surface area (Å²) in [5, 5.41) is 14.4. The molecule has 0 saturated carbocycles. The first-order valence-corrected chi connectivity index (χ1v) is 5.84. The zero-order valence-corrected chi connectivity index (χ0v) is 11.1. The molecule has 2 N–H and O–H groups in total. The molecule has 1 amide bonds. The van der Waals surface area contributed by atoms with Crippen LogP contribution in [0.1, 0.15) is 26.3 Å². The maximum Gasteiger partial charge on any atom is 0.258 e. The summed E-state index contributed by atoms with van der Waals surface area (Å²) < 4.78 is 18.5. The second kappa shape index (κ2) is 6.72. The molecule has 0 unspecified atom stereocenters. The van der Waals surface area contributed by atoms with Gasteiger partial charge >= 0.3 is 0 Å². The molecule has 0 bridgehead atoms. The van der Waals surface area contributed by atoms with E-state index in [4.69, 9.17) is 9.94 Å². The number of nitrogens with zero attached hydrogens (tertiary/aromatic N) is 1. The van der Waals surface area contributed by atoms with Gasteiger partial charge in [-0.05, 0) is 39.0 Å². The Morgan fingerprint density at radius 1 is 1.53 bits per heavy atom. The van der Waals surface area contributed by atoms with Crippen LogP contribution in [0.5, 0.6) is 5.75 Å². The van der Waals surface area contributed by atoms with Crippen LogP contribution in [0.2, 0.25) is 0 Å².